The first kappa shape index (κ1) is 13.4. The van der Waals surface area contributed by atoms with Crippen LogP contribution in [0.15, 0.2) is 18.9 Å². The molecule has 9 heteroatoms. The molecule has 0 radical (unpaired) electrons. The fraction of sp³-hybridized carbons (Fsp3) is 0.417. The highest BCUT2D eigenvalue weighted by molar-refractivity contribution is 5.85. The van der Waals surface area contributed by atoms with Gasteiger partial charge < -0.3 is 15.0 Å². The van der Waals surface area contributed by atoms with E-state index < -0.39 is 0 Å². The highest BCUT2D eigenvalue weighted by atomic mass is 16.3. The van der Waals surface area contributed by atoms with Gasteiger partial charge in [-0.15, -0.1) is 10.2 Å². The highest BCUT2D eigenvalue weighted by Gasteiger charge is 2.10. The van der Waals surface area contributed by atoms with Crippen molar-refractivity contribution >= 4 is 16.9 Å². The molecule has 9 nitrogen and oxygen atoms in total. The summed E-state index contributed by atoms with van der Waals surface area (Å²) in [5.41, 5.74) is 0.693. The lowest BCUT2D eigenvalue weighted by Crippen LogP contribution is -2.09. The van der Waals surface area contributed by atoms with E-state index in [0.29, 0.717) is 24.6 Å². The van der Waals surface area contributed by atoms with Gasteiger partial charge in [0.25, 0.3) is 0 Å². The minimum Gasteiger partial charge on any atom is -0.394 e. The van der Waals surface area contributed by atoms with Gasteiger partial charge in [-0.3, -0.25) is 0 Å². The first-order valence-corrected chi connectivity index (χ1v) is 6.71. The van der Waals surface area contributed by atoms with E-state index in [4.69, 9.17) is 5.11 Å². The number of nitrogens with one attached hydrogen (secondary N) is 1. The van der Waals surface area contributed by atoms with Crippen molar-refractivity contribution in [2.75, 3.05) is 11.9 Å². The van der Waals surface area contributed by atoms with E-state index in [9.17, 15) is 0 Å². The topological polar surface area (TPSA) is 107 Å². The van der Waals surface area contributed by atoms with Crippen LogP contribution in [0.5, 0.6) is 0 Å². The van der Waals surface area contributed by atoms with Crippen LogP contribution < -0.4 is 5.32 Å². The third-order valence-corrected chi connectivity index (χ3v) is 3.20. The number of hydrogen-bond donors (Lipinski definition) is 2. The van der Waals surface area contributed by atoms with Crippen LogP contribution in [0, 0.1) is 0 Å². The van der Waals surface area contributed by atoms with E-state index in [1.807, 2.05) is 11.5 Å². The average Bonchev–Trinajstić information content (AvgIpc) is 3.12. The molecule has 0 saturated heterocycles. The number of aliphatic hydroxyl groups excluding tert-OH is 1. The third-order valence-electron chi connectivity index (χ3n) is 3.20. The van der Waals surface area contributed by atoms with Crippen LogP contribution in [0.25, 0.3) is 11.0 Å². The predicted molar refractivity (Wildman–Crippen MR) is 75.4 cm³/mol. The second-order valence-electron chi connectivity index (χ2n) is 4.44. The maximum atomic E-state index is 9.02. The van der Waals surface area contributed by atoms with Crippen molar-refractivity contribution in [1.82, 2.24) is 34.5 Å². The summed E-state index contributed by atoms with van der Waals surface area (Å²) in [6.45, 7) is 3.80. The Morgan fingerprint density at radius 1 is 1.33 bits per heavy atom. The smallest absolute Gasteiger partial charge is 0.163 e. The molecule has 0 aliphatic carbocycles. The average molecular weight is 288 g/mol. The van der Waals surface area contributed by atoms with Gasteiger partial charge in [0, 0.05) is 6.54 Å². The van der Waals surface area contributed by atoms with Gasteiger partial charge in [0.1, 0.15) is 18.5 Å². The molecule has 3 aromatic heterocycles. The number of aryl methyl sites for hydroxylation is 1. The van der Waals surface area contributed by atoms with E-state index in [2.05, 4.69) is 30.6 Å². The number of aromatic nitrogens is 7. The van der Waals surface area contributed by atoms with E-state index in [0.717, 1.165) is 17.8 Å². The molecule has 0 spiro atoms. The molecular weight excluding hydrogens is 272 g/mol. The lowest BCUT2D eigenvalue weighted by atomic mass is 10.4. The molecule has 0 aliphatic rings. The van der Waals surface area contributed by atoms with Crippen molar-refractivity contribution in [3.05, 3.63) is 24.7 Å². The number of rotatable bonds is 6. The Balaban J connectivity index is 1.84. The zero-order chi connectivity index (χ0) is 14.7. The molecular formula is C12H16N8O. The summed E-state index contributed by atoms with van der Waals surface area (Å²) in [4.78, 5) is 8.44. The van der Waals surface area contributed by atoms with Crippen molar-refractivity contribution in [3.63, 3.8) is 0 Å². The van der Waals surface area contributed by atoms with Crippen LogP contribution in [0.2, 0.25) is 0 Å². The van der Waals surface area contributed by atoms with E-state index in [1.54, 1.807) is 17.2 Å². The van der Waals surface area contributed by atoms with Crippen molar-refractivity contribution in [1.29, 1.82) is 0 Å². The van der Waals surface area contributed by atoms with Gasteiger partial charge in [-0.1, -0.05) is 0 Å². The summed E-state index contributed by atoms with van der Waals surface area (Å²) in [6.07, 6.45) is 4.87. The van der Waals surface area contributed by atoms with Crippen LogP contribution in [0.3, 0.4) is 0 Å². The monoisotopic (exact) mass is 288 g/mol. The molecule has 3 rings (SSSR count). The molecule has 0 aromatic carbocycles. The normalized spacial score (nSPS) is 11.1. The zero-order valence-electron chi connectivity index (χ0n) is 11.6. The van der Waals surface area contributed by atoms with Crippen LogP contribution in [-0.2, 0) is 19.6 Å². The minimum absolute atomic E-state index is 0.0170. The fourth-order valence-electron chi connectivity index (χ4n) is 2.13. The molecule has 21 heavy (non-hydrogen) atoms. The Hall–Kier alpha value is -2.55. The molecule has 0 amide bonds. The van der Waals surface area contributed by atoms with Crippen molar-refractivity contribution in [2.45, 2.75) is 26.6 Å². The summed E-state index contributed by atoms with van der Waals surface area (Å²) in [7, 11) is 0. The molecule has 0 saturated carbocycles. The molecule has 3 heterocycles. The Labute approximate surface area is 120 Å². The Kier molecular flexibility index (Phi) is 3.73. The summed E-state index contributed by atoms with van der Waals surface area (Å²) >= 11 is 0. The lowest BCUT2D eigenvalue weighted by Gasteiger charge is -2.07. The molecule has 0 atom stereocenters. The first-order chi connectivity index (χ1) is 10.3. The number of aliphatic hydroxyl groups is 1. The molecule has 0 aliphatic heterocycles. The SMILES string of the molecule is CCn1cnnc1CNc1ncnc2c1cnn2CCO. The van der Waals surface area contributed by atoms with Gasteiger partial charge in [0.05, 0.1) is 31.3 Å². The summed E-state index contributed by atoms with van der Waals surface area (Å²) in [5.74, 6) is 1.53. The van der Waals surface area contributed by atoms with Gasteiger partial charge in [0.15, 0.2) is 11.5 Å². The molecule has 3 aromatic rings. The second-order valence-corrected chi connectivity index (χ2v) is 4.44. The minimum atomic E-state index is 0.0170. The van der Waals surface area contributed by atoms with Crippen molar-refractivity contribution in [3.8, 4) is 0 Å². The first-order valence-electron chi connectivity index (χ1n) is 6.71. The van der Waals surface area contributed by atoms with Gasteiger partial charge in [-0.2, -0.15) is 5.10 Å². The maximum Gasteiger partial charge on any atom is 0.163 e. The maximum absolute atomic E-state index is 9.02. The zero-order valence-corrected chi connectivity index (χ0v) is 11.6. The largest absolute Gasteiger partial charge is 0.394 e. The van der Waals surface area contributed by atoms with Crippen molar-refractivity contribution in [2.24, 2.45) is 0 Å². The quantitative estimate of drug-likeness (QED) is 0.659. The predicted octanol–water partition coefficient (Wildman–Crippen LogP) is 0.0421. The highest BCUT2D eigenvalue weighted by Crippen LogP contribution is 2.18. The number of fused-ring (bicyclic) bond motifs is 1. The van der Waals surface area contributed by atoms with E-state index in [1.165, 1.54) is 6.33 Å². The summed E-state index contributed by atoms with van der Waals surface area (Å²) < 4.78 is 3.61. The lowest BCUT2D eigenvalue weighted by molar-refractivity contribution is 0.271. The second kappa shape index (κ2) is 5.83. The summed E-state index contributed by atoms with van der Waals surface area (Å²) in [5, 5.41) is 25.2. The molecule has 2 N–H and O–H groups in total. The third kappa shape index (κ3) is 2.55. The molecule has 0 bridgehead atoms. The Bertz CT molecular complexity index is 734. The van der Waals surface area contributed by atoms with Crippen LogP contribution >= 0.6 is 0 Å². The number of hydrogen-bond acceptors (Lipinski definition) is 7. The molecule has 0 fully saturated rings. The number of anilines is 1. The molecule has 110 valence electrons. The van der Waals surface area contributed by atoms with Crippen LogP contribution in [0.1, 0.15) is 12.7 Å². The van der Waals surface area contributed by atoms with E-state index in [-0.39, 0.29) is 6.61 Å². The van der Waals surface area contributed by atoms with Crippen LogP contribution in [0.4, 0.5) is 5.82 Å². The fourth-order valence-corrected chi connectivity index (χ4v) is 2.13. The van der Waals surface area contributed by atoms with Crippen molar-refractivity contribution < 1.29 is 5.11 Å². The van der Waals surface area contributed by atoms with Gasteiger partial charge in [-0.25, -0.2) is 14.6 Å². The number of nitrogens with zero attached hydrogens (tertiary/aromatic N) is 7. The van der Waals surface area contributed by atoms with Gasteiger partial charge >= 0.3 is 0 Å². The molecule has 0 unspecified atom stereocenters. The summed E-state index contributed by atoms with van der Waals surface area (Å²) in [6, 6.07) is 0. The van der Waals surface area contributed by atoms with Gasteiger partial charge in [-0.05, 0) is 6.92 Å². The Morgan fingerprint density at radius 2 is 2.24 bits per heavy atom. The standard InChI is InChI=1S/C12H16N8O/c1-2-19-8-16-18-10(19)6-13-11-9-5-17-20(3-4-21)12(9)15-7-14-11/h5,7-8,21H,2-4,6H2,1H3,(H,13,14,15). The van der Waals surface area contributed by atoms with Gasteiger partial charge in [0.2, 0.25) is 0 Å². The van der Waals surface area contributed by atoms with Crippen LogP contribution in [-0.4, -0.2) is 46.2 Å². The van der Waals surface area contributed by atoms with E-state index >= 15 is 0 Å². The Morgan fingerprint density at radius 3 is 3.05 bits per heavy atom.